The molecule has 0 aromatic carbocycles. The summed E-state index contributed by atoms with van der Waals surface area (Å²) in [6.45, 7) is 7.47. The first-order chi connectivity index (χ1) is 33.6. The third-order valence-electron chi connectivity index (χ3n) is 11.5. The summed E-state index contributed by atoms with van der Waals surface area (Å²) in [6, 6.07) is 0. The summed E-state index contributed by atoms with van der Waals surface area (Å²) >= 11 is 0. The monoisotopic (exact) mass is 941 g/mol. The first kappa shape index (κ1) is 64.3. The molecule has 0 rings (SSSR count). The highest BCUT2D eigenvalue weighted by Gasteiger charge is 2.17. The van der Waals surface area contributed by atoms with Crippen molar-refractivity contribution in [1.82, 2.24) is 0 Å². The van der Waals surface area contributed by atoms with Crippen LogP contribution in [0.1, 0.15) is 239 Å². The maximum Gasteiger partial charge on any atom is 0.306 e. The average molecular weight is 942 g/mol. The molecule has 0 saturated carbocycles. The topological polar surface area (TPSA) is 61.8 Å². The Labute approximate surface area is 420 Å². The molecule has 0 aromatic heterocycles. The largest absolute Gasteiger partial charge is 0.462 e. The van der Waals surface area contributed by atoms with E-state index in [0.29, 0.717) is 19.4 Å². The molecule has 0 aromatic rings. The number of carbonyl (C=O) groups excluding carboxylic acids is 2. The zero-order valence-corrected chi connectivity index (χ0v) is 44.3. The van der Waals surface area contributed by atoms with Crippen molar-refractivity contribution < 1.29 is 23.8 Å². The van der Waals surface area contributed by atoms with Crippen molar-refractivity contribution in [2.75, 3.05) is 19.8 Å². The van der Waals surface area contributed by atoms with Crippen molar-refractivity contribution in [3.05, 3.63) is 122 Å². The molecule has 0 heterocycles. The van der Waals surface area contributed by atoms with Gasteiger partial charge < -0.3 is 14.2 Å². The molecule has 0 aliphatic heterocycles. The van der Waals surface area contributed by atoms with Crippen LogP contribution < -0.4 is 0 Å². The van der Waals surface area contributed by atoms with Gasteiger partial charge in [-0.25, -0.2) is 0 Å². The molecule has 0 aliphatic carbocycles. The fraction of sp³-hybridized carbons (Fsp3) is 0.651. The second-order valence-electron chi connectivity index (χ2n) is 18.1. The number of ether oxygens (including phenoxy) is 3. The van der Waals surface area contributed by atoms with Crippen LogP contribution in [-0.4, -0.2) is 37.9 Å². The van der Waals surface area contributed by atoms with E-state index in [9.17, 15) is 9.59 Å². The molecule has 0 spiro atoms. The maximum absolute atomic E-state index is 12.8. The molecule has 0 radical (unpaired) electrons. The van der Waals surface area contributed by atoms with E-state index in [1.807, 2.05) is 0 Å². The second-order valence-corrected chi connectivity index (χ2v) is 18.1. The lowest BCUT2D eigenvalue weighted by atomic mass is 10.1. The number of unbranched alkanes of at least 4 members (excludes halogenated alkanes) is 19. The van der Waals surface area contributed by atoms with Gasteiger partial charge in [0.2, 0.25) is 0 Å². The number of hydrogen-bond donors (Lipinski definition) is 0. The van der Waals surface area contributed by atoms with Crippen LogP contribution in [0.25, 0.3) is 0 Å². The van der Waals surface area contributed by atoms with E-state index in [0.717, 1.165) is 135 Å². The summed E-state index contributed by atoms with van der Waals surface area (Å²) < 4.78 is 17.4. The first-order valence-electron chi connectivity index (χ1n) is 28.1. The maximum atomic E-state index is 12.8. The quantitative estimate of drug-likeness (QED) is 0.0345. The summed E-state index contributed by atoms with van der Waals surface area (Å²) in [5.41, 5.74) is 0. The van der Waals surface area contributed by atoms with E-state index in [1.165, 1.54) is 70.6 Å². The van der Waals surface area contributed by atoms with Gasteiger partial charge in [-0.15, -0.1) is 0 Å². The molecule has 5 heteroatoms. The molecule has 1 atom stereocenters. The van der Waals surface area contributed by atoms with Crippen LogP contribution in [0.5, 0.6) is 0 Å². The molecule has 0 bridgehead atoms. The van der Waals surface area contributed by atoms with Crippen LogP contribution in [0.2, 0.25) is 0 Å². The van der Waals surface area contributed by atoms with Gasteiger partial charge in [-0.2, -0.15) is 0 Å². The fourth-order valence-corrected chi connectivity index (χ4v) is 7.34. The molecular formula is C63H104O5. The van der Waals surface area contributed by atoms with Gasteiger partial charge in [0.05, 0.1) is 6.61 Å². The molecule has 68 heavy (non-hydrogen) atoms. The summed E-state index contributed by atoms with van der Waals surface area (Å²) in [6.07, 6.45) is 80.7. The number of hydrogen-bond acceptors (Lipinski definition) is 5. The highest BCUT2D eigenvalue weighted by Crippen LogP contribution is 2.14. The Hall–Kier alpha value is -3.70. The molecule has 386 valence electrons. The highest BCUT2D eigenvalue weighted by molar-refractivity contribution is 5.70. The van der Waals surface area contributed by atoms with E-state index in [-0.39, 0.29) is 25.2 Å². The fourth-order valence-electron chi connectivity index (χ4n) is 7.34. The zero-order valence-electron chi connectivity index (χ0n) is 44.3. The van der Waals surface area contributed by atoms with Crippen LogP contribution >= 0.6 is 0 Å². The van der Waals surface area contributed by atoms with Crippen molar-refractivity contribution in [2.24, 2.45) is 0 Å². The molecule has 0 fully saturated rings. The van der Waals surface area contributed by atoms with Gasteiger partial charge in [0, 0.05) is 19.4 Å². The Balaban J connectivity index is 4.39. The minimum atomic E-state index is -0.577. The Morgan fingerprint density at radius 2 is 0.662 bits per heavy atom. The van der Waals surface area contributed by atoms with Crippen LogP contribution in [0.15, 0.2) is 122 Å². The summed E-state index contributed by atoms with van der Waals surface area (Å²) in [5.74, 6) is -0.452. The SMILES string of the molecule is CC/C=C\C/C=C\C/C=C\C/C=C\CCCCCCC(=O)OC(COCCCCC/C=C\C/C=C\C/C=C\C/C=C\CC)COC(=O)CCCCCCCCCCC/C=C\C/C=C\CCCCC. The standard InChI is InChI=1S/C63H104O5/c1-4-7-10-13-16-19-22-25-28-31-32-34-35-38-41-44-47-50-53-56-62(64)67-60-61(59-66-58-55-52-49-46-43-40-37-30-27-24-21-18-15-12-9-6-3)68-63(65)57-54-51-48-45-42-39-36-33-29-26-23-20-17-14-11-8-5-2/h8-9,11-12,16-21,25-30,36,39-40,43,61H,4-7,10,13-15,22-24,31-35,37-38,41-42,44-60H2,1-3H3/b11-8-,12-9-,19-16-,20-17-,21-18-,28-25-,29-26-,30-27-,39-36-,43-40-. The predicted molar refractivity (Wildman–Crippen MR) is 297 cm³/mol. The lowest BCUT2D eigenvalue weighted by molar-refractivity contribution is -0.163. The number of esters is 2. The minimum absolute atomic E-state index is 0.0528. The Morgan fingerprint density at radius 1 is 0.338 bits per heavy atom. The van der Waals surface area contributed by atoms with Gasteiger partial charge in [-0.1, -0.05) is 219 Å². The summed E-state index contributed by atoms with van der Waals surface area (Å²) in [7, 11) is 0. The summed E-state index contributed by atoms with van der Waals surface area (Å²) in [4.78, 5) is 25.5. The van der Waals surface area contributed by atoms with Crippen LogP contribution in [0.3, 0.4) is 0 Å². The third kappa shape index (κ3) is 54.9. The van der Waals surface area contributed by atoms with E-state index >= 15 is 0 Å². The molecule has 0 N–H and O–H groups in total. The number of carbonyl (C=O) groups is 2. The van der Waals surface area contributed by atoms with Gasteiger partial charge in [0.25, 0.3) is 0 Å². The van der Waals surface area contributed by atoms with E-state index in [4.69, 9.17) is 14.2 Å². The Morgan fingerprint density at radius 3 is 1.06 bits per heavy atom. The Kier molecular flexibility index (Phi) is 54.5. The molecule has 1 unspecified atom stereocenters. The minimum Gasteiger partial charge on any atom is -0.462 e. The normalized spacial score (nSPS) is 13.2. The van der Waals surface area contributed by atoms with Gasteiger partial charge in [-0.05, 0) is 128 Å². The molecule has 5 nitrogen and oxygen atoms in total. The lowest BCUT2D eigenvalue weighted by Crippen LogP contribution is -2.30. The molecule has 0 amide bonds. The van der Waals surface area contributed by atoms with Crippen molar-refractivity contribution >= 4 is 11.9 Å². The van der Waals surface area contributed by atoms with Gasteiger partial charge in [0.15, 0.2) is 6.10 Å². The van der Waals surface area contributed by atoms with Crippen molar-refractivity contribution in [2.45, 2.75) is 245 Å². The smallest absolute Gasteiger partial charge is 0.306 e. The number of allylic oxidation sites excluding steroid dienone is 20. The Bertz CT molecular complexity index is 1390. The van der Waals surface area contributed by atoms with Crippen molar-refractivity contribution in [1.29, 1.82) is 0 Å². The van der Waals surface area contributed by atoms with E-state index < -0.39 is 6.10 Å². The lowest BCUT2D eigenvalue weighted by Gasteiger charge is -2.18. The first-order valence-corrected chi connectivity index (χ1v) is 28.1. The molecule has 0 saturated heterocycles. The number of rotatable bonds is 50. The van der Waals surface area contributed by atoms with Crippen LogP contribution in [0.4, 0.5) is 0 Å². The second kappa shape index (κ2) is 57.6. The van der Waals surface area contributed by atoms with Gasteiger partial charge in [0.1, 0.15) is 6.61 Å². The predicted octanol–water partition coefficient (Wildman–Crippen LogP) is 19.3. The van der Waals surface area contributed by atoms with Crippen molar-refractivity contribution in [3.63, 3.8) is 0 Å². The molecule has 0 aliphatic rings. The highest BCUT2D eigenvalue weighted by atomic mass is 16.6. The van der Waals surface area contributed by atoms with Crippen molar-refractivity contribution in [3.8, 4) is 0 Å². The van der Waals surface area contributed by atoms with E-state index in [2.05, 4.69) is 142 Å². The van der Waals surface area contributed by atoms with E-state index in [1.54, 1.807) is 0 Å². The van der Waals surface area contributed by atoms with Crippen LogP contribution in [0, 0.1) is 0 Å². The third-order valence-corrected chi connectivity index (χ3v) is 11.5. The summed E-state index contributed by atoms with van der Waals surface area (Å²) in [5, 5.41) is 0. The van der Waals surface area contributed by atoms with Gasteiger partial charge >= 0.3 is 11.9 Å². The van der Waals surface area contributed by atoms with Gasteiger partial charge in [-0.3, -0.25) is 9.59 Å². The van der Waals surface area contributed by atoms with Crippen LogP contribution in [-0.2, 0) is 23.8 Å². The average Bonchev–Trinajstić information content (AvgIpc) is 3.34. The zero-order chi connectivity index (χ0) is 49.2. The molecular weight excluding hydrogens is 837 g/mol.